The van der Waals surface area contributed by atoms with Crippen LogP contribution in [0.2, 0.25) is 0 Å². The minimum Gasteiger partial charge on any atom is -0.493 e. The molecule has 0 radical (unpaired) electrons. The molecule has 0 aliphatic carbocycles. The van der Waals surface area contributed by atoms with Gasteiger partial charge < -0.3 is 29.9 Å². The van der Waals surface area contributed by atoms with Gasteiger partial charge in [-0.1, -0.05) is 6.07 Å². The number of methoxy groups -OCH3 is 1. The van der Waals surface area contributed by atoms with E-state index in [4.69, 9.17) is 9.47 Å². The number of β-amino-alcohol motifs (C(OH)–C–C–N with tert-alkyl or cyclic N) is 1. The van der Waals surface area contributed by atoms with E-state index in [2.05, 4.69) is 33.0 Å². The van der Waals surface area contributed by atoms with Crippen molar-refractivity contribution in [3.05, 3.63) is 41.2 Å². The monoisotopic (exact) mass is 446 g/mol. The standard InChI is InChI=1S/C24H38N4O4/c1-18-13-19(2)28(26-18)10-4-9-25-15-20-5-6-23(24(14-20)31-3)32-17-22(30)16-27-11-7-21(29)8-12-27/h5-6,13-14,21-22,25,29-30H,4,7-12,15-17H2,1-3H3/t22-/m1/s1. The normalized spacial score (nSPS) is 16.3. The number of hydrogen-bond donors (Lipinski definition) is 3. The molecule has 2 heterocycles. The minimum atomic E-state index is -0.585. The van der Waals surface area contributed by atoms with Gasteiger partial charge in [0.05, 0.1) is 18.9 Å². The SMILES string of the molecule is COc1cc(CNCCCn2nc(C)cc2C)ccc1OC[C@H](O)CN1CCC(O)CC1. The van der Waals surface area contributed by atoms with E-state index in [1.165, 1.54) is 5.69 Å². The molecule has 3 N–H and O–H groups in total. The van der Waals surface area contributed by atoms with Gasteiger partial charge in [0.2, 0.25) is 0 Å². The summed E-state index contributed by atoms with van der Waals surface area (Å²) in [6.07, 6.45) is 1.74. The van der Waals surface area contributed by atoms with Crippen molar-refractivity contribution in [1.82, 2.24) is 20.0 Å². The molecule has 8 nitrogen and oxygen atoms in total. The molecule has 3 rings (SSSR count). The second kappa shape index (κ2) is 12.2. The fourth-order valence-corrected chi connectivity index (χ4v) is 4.07. The smallest absolute Gasteiger partial charge is 0.161 e. The summed E-state index contributed by atoms with van der Waals surface area (Å²) in [4.78, 5) is 2.17. The molecule has 1 aromatic carbocycles. The van der Waals surface area contributed by atoms with Gasteiger partial charge >= 0.3 is 0 Å². The number of hydrogen-bond acceptors (Lipinski definition) is 7. The molecule has 0 spiro atoms. The number of ether oxygens (including phenoxy) is 2. The van der Waals surface area contributed by atoms with E-state index >= 15 is 0 Å². The number of aliphatic hydroxyl groups is 2. The van der Waals surface area contributed by atoms with Crippen LogP contribution in [0.15, 0.2) is 24.3 Å². The number of piperidine rings is 1. The van der Waals surface area contributed by atoms with Crippen molar-refractivity contribution in [2.75, 3.05) is 39.9 Å². The largest absolute Gasteiger partial charge is 0.493 e. The van der Waals surface area contributed by atoms with E-state index in [0.29, 0.717) is 18.0 Å². The minimum absolute atomic E-state index is 0.207. The molecule has 1 atom stereocenters. The van der Waals surface area contributed by atoms with Crippen LogP contribution >= 0.6 is 0 Å². The molecule has 0 amide bonds. The molecule has 8 heteroatoms. The lowest BCUT2D eigenvalue weighted by atomic mass is 10.1. The lowest BCUT2D eigenvalue weighted by Crippen LogP contribution is -2.41. The molecule has 0 saturated carbocycles. The van der Waals surface area contributed by atoms with Crippen molar-refractivity contribution in [2.45, 2.75) is 58.4 Å². The van der Waals surface area contributed by atoms with E-state index < -0.39 is 6.10 Å². The first-order chi connectivity index (χ1) is 15.4. The lowest BCUT2D eigenvalue weighted by Gasteiger charge is -2.30. The van der Waals surface area contributed by atoms with Gasteiger partial charge in [0.1, 0.15) is 12.7 Å². The first kappa shape index (κ1) is 24.5. The number of nitrogens with one attached hydrogen (secondary N) is 1. The Morgan fingerprint density at radius 2 is 1.97 bits per heavy atom. The summed E-state index contributed by atoms with van der Waals surface area (Å²) in [6.45, 7) is 9.03. The number of rotatable bonds is 12. The summed E-state index contributed by atoms with van der Waals surface area (Å²) in [7, 11) is 1.63. The van der Waals surface area contributed by atoms with Crippen molar-refractivity contribution in [1.29, 1.82) is 0 Å². The van der Waals surface area contributed by atoms with Crippen LogP contribution in [0, 0.1) is 13.8 Å². The van der Waals surface area contributed by atoms with Gasteiger partial charge in [-0.05, 0) is 63.4 Å². The van der Waals surface area contributed by atoms with Gasteiger partial charge in [-0.3, -0.25) is 4.68 Å². The van der Waals surface area contributed by atoms with Gasteiger partial charge in [0, 0.05) is 38.4 Å². The van der Waals surface area contributed by atoms with E-state index in [9.17, 15) is 10.2 Å². The molecule has 1 fully saturated rings. The van der Waals surface area contributed by atoms with Crippen molar-refractivity contribution in [3.8, 4) is 11.5 Å². The summed E-state index contributed by atoms with van der Waals surface area (Å²) < 4.78 is 13.4. The fourth-order valence-electron chi connectivity index (χ4n) is 4.07. The molecular weight excluding hydrogens is 408 g/mol. The second-order valence-corrected chi connectivity index (χ2v) is 8.66. The van der Waals surface area contributed by atoms with Crippen LogP contribution in [0.25, 0.3) is 0 Å². The van der Waals surface area contributed by atoms with Crippen LogP contribution in [0.3, 0.4) is 0 Å². The summed E-state index contributed by atoms with van der Waals surface area (Å²) >= 11 is 0. The van der Waals surface area contributed by atoms with E-state index in [1.807, 2.05) is 25.1 Å². The van der Waals surface area contributed by atoms with Crippen LogP contribution in [0.5, 0.6) is 11.5 Å². The zero-order chi connectivity index (χ0) is 22.9. The van der Waals surface area contributed by atoms with Crippen molar-refractivity contribution >= 4 is 0 Å². The highest BCUT2D eigenvalue weighted by Crippen LogP contribution is 2.28. The third-order valence-electron chi connectivity index (χ3n) is 5.84. The number of aryl methyl sites for hydroxylation is 3. The van der Waals surface area contributed by atoms with Gasteiger partial charge in [0.15, 0.2) is 11.5 Å². The predicted octanol–water partition coefficient (Wildman–Crippen LogP) is 1.88. The van der Waals surface area contributed by atoms with Gasteiger partial charge in [-0.15, -0.1) is 0 Å². The average Bonchev–Trinajstić information content (AvgIpc) is 3.10. The second-order valence-electron chi connectivity index (χ2n) is 8.66. The Balaban J connectivity index is 1.39. The molecule has 178 valence electrons. The zero-order valence-electron chi connectivity index (χ0n) is 19.6. The first-order valence-electron chi connectivity index (χ1n) is 11.5. The molecular formula is C24H38N4O4. The lowest BCUT2D eigenvalue weighted by molar-refractivity contribution is 0.0333. The Labute approximate surface area is 191 Å². The number of aliphatic hydroxyl groups excluding tert-OH is 2. The summed E-state index contributed by atoms with van der Waals surface area (Å²) in [6, 6.07) is 7.99. The third-order valence-corrected chi connectivity index (χ3v) is 5.84. The topological polar surface area (TPSA) is 92.0 Å². The quantitative estimate of drug-likeness (QED) is 0.429. The number of nitrogens with zero attached hydrogens (tertiary/aromatic N) is 3. The first-order valence-corrected chi connectivity index (χ1v) is 11.5. The number of aromatic nitrogens is 2. The predicted molar refractivity (Wildman–Crippen MR) is 124 cm³/mol. The van der Waals surface area contributed by atoms with Crippen LogP contribution in [-0.4, -0.2) is 77.0 Å². The highest BCUT2D eigenvalue weighted by molar-refractivity contribution is 5.43. The molecule has 2 aromatic rings. The molecule has 1 saturated heterocycles. The van der Waals surface area contributed by atoms with Gasteiger partial charge in [-0.25, -0.2) is 0 Å². The van der Waals surface area contributed by atoms with Crippen LogP contribution in [0.4, 0.5) is 0 Å². The Morgan fingerprint density at radius 1 is 1.19 bits per heavy atom. The van der Waals surface area contributed by atoms with E-state index in [0.717, 1.165) is 63.2 Å². The average molecular weight is 447 g/mol. The molecule has 1 aliphatic heterocycles. The van der Waals surface area contributed by atoms with E-state index in [1.54, 1.807) is 7.11 Å². The molecule has 0 bridgehead atoms. The van der Waals surface area contributed by atoms with Crippen LogP contribution in [0.1, 0.15) is 36.2 Å². The maximum Gasteiger partial charge on any atom is 0.161 e. The highest BCUT2D eigenvalue weighted by atomic mass is 16.5. The summed E-state index contributed by atoms with van der Waals surface area (Å²) in [5, 5.41) is 27.9. The number of likely N-dealkylation sites (tertiary alicyclic amines) is 1. The summed E-state index contributed by atoms with van der Waals surface area (Å²) in [5.74, 6) is 1.30. The van der Waals surface area contributed by atoms with Crippen molar-refractivity contribution < 1.29 is 19.7 Å². The fraction of sp³-hybridized carbons (Fsp3) is 0.625. The number of benzene rings is 1. The molecule has 0 unspecified atom stereocenters. The zero-order valence-corrected chi connectivity index (χ0v) is 19.6. The third kappa shape index (κ3) is 7.48. The maximum atomic E-state index is 10.3. The van der Waals surface area contributed by atoms with E-state index in [-0.39, 0.29) is 12.7 Å². The summed E-state index contributed by atoms with van der Waals surface area (Å²) in [5.41, 5.74) is 3.37. The maximum absolute atomic E-state index is 10.3. The molecule has 1 aromatic heterocycles. The van der Waals surface area contributed by atoms with Crippen LogP contribution in [-0.2, 0) is 13.1 Å². The van der Waals surface area contributed by atoms with Gasteiger partial charge in [-0.2, -0.15) is 5.10 Å². The highest BCUT2D eigenvalue weighted by Gasteiger charge is 2.20. The Hall–Kier alpha value is -2.13. The van der Waals surface area contributed by atoms with Crippen LogP contribution < -0.4 is 14.8 Å². The Bertz CT molecular complexity index is 833. The Kier molecular flexibility index (Phi) is 9.35. The Morgan fingerprint density at radius 3 is 2.66 bits per heavy atom. The van der Waals surface area contributed by atoms with Gasteiger partial charge in [0.25, 0.3) is 0 Å². The van der Waals surface area contributed by atoms with Crippen molar-refractivity contribution in [3.63, 3.8) is 0 Å². The molecule has 1 aliphatic rings. The van der Waals surface area contributed by atoms with Crippen molar-refractivity contribution in [2.24, 2.45) is 0 Å². The molecule has 32 heavy (non-hydrogen) atoms.